The summed E-state index contributed by atoms with van der Waals surface area (Å²) in [7, 11) is 0. The van der Waals surface area contributed by atoms with E-state index in [0.29, 0.717) is 5.95 Å². The first-order chi connectivity index (χ1) is 22.8. The molecule has 0 amide bonds. The largest absolute Gasteiger partial charge is 0.278 e. The van der Waals surface area contributed by atoms with Crippen molar-refractivity contribution in [1.29, 1.82) is 0 Å². The zero-order chi connectivity index (χ0) is 30.8. The lowest BCUT2D eigenvalue weighted by Gasteiger charge is -2.32. The summed E-state index contributed by atoms with van der Waals surface area (Å²) in [6, 6.07) is 49.8. The van der Waals surface area contributed by atoms with Crippen LogP contribution in [-0.4, -0.2) is 9.97 Å². The van der Waals surface area contributed by atoms with Crippen molar-refractivity contribution in [2.24, 2.45) is 0 Å². The average molecular weight is 608 g/mol. The number of hydrogen-bond acceptors (Lipinski definition) is 4. The number of thiophene rings is 1. The molecule has 0 radical (unpaired) electrons. The highest BCUT2D eigenvalue weighted by Gasteiger charge is 2.30. The van der Waals surface area contributed by atoms with E-state index in [-0.39, 0.29) is 0 Å². The Morgan fingerprint density at radius 3 is 2.13 bits per heavy atom. The van der Waals surface area contributed by atoms with Crippen LogP contribution in [0.15, 0.2) is 140 Å². The van der Waals surface area contributed by atoms with Gasteiger partial charge in [0.2, 0.25) is 5.95 Å². The van der Waals surface area contributed by atoms with E-state index in [0.717, 1.165) is 38.9 Å². The highest BCUT2D eigenvalue weighted by atomic mass is 32.1. The third-order valence-electron chi connectivity index (χ3n) is 8.96. The monoisotopic (exact) mass is 607 g/mol. The lowest BCUT2D eigenvalue weighted by molar-refractivity contribution is 1.11. The van der Waals surface area contributed by atoms with Crippen LogP contribution in [0.1, 0.15) is 13.8 Å². The highest BCUT2D eigenvalue weighted by Crippen LogP contribution is 2.55. The van der Waals surface area contributed by atoms with Gasteiger partial charge in [0.05, 0.1) is 22.6 Å². The summed E-state index contributed by atoms with van der Waals surface area (Å²) in [4.78, 5) is 13.0. The average Bonchev–Trinajstić information content (AvgIpc) is 3.50. The van der Waals surface area contributed by atoms with Crippen LogP contribution in [0, 0.1) is 0 Å². The van der Waals surface area contributed by atoms with E-state index in [2.05, 4.69) is 144 Å². The Morgan fingerprint density at radius 2 is 1.24 bits per heavy atom. The predicted molar refractivity (Wildman–Crippen MR) is 198 cm³/mol. The molecular weight excluding hydrogens is 579 g/mol. The molecule has 0 atom stereocenters. The molecule has 10 rings (SSSR count). The van der Waals surface area contributed by atoms with Crippen molar-refractivity contribution in [2.45, 2.75) is 13.8 Å². The predicted octanol–water partition coefficient (Wildman–Crippen LogP) is 12.4. The lowest BCUT2D eigenvalue weighted by Crippen LogP contribution is -2.18. The number of rotatable bonds is 2. The fraction of sp³-hybridized carbons (Fsp3) is 0.0476. The molecule has 0 bridgehead atoms. The Hall–Kier alpha value is -5.58. The van der Waals surface area contributed by atoms with Gasteiger partial charge in [-0.25, -0.2) is 9.97 Å². The van der Waals surface area contributed by atoms with Crippen LogP contribution in [0.2, 0.25) is 0 Å². The topological polar surface area (TPSA) is 29.0 Å². The summed E-state index contributed by atoms with van der Waals surface area (Å²) in [5.41, 5.74) is 7.65. The van der Waals surface area contributed by atoms with Crippen LogP contribution < -0.4 is 4.90 Å². The zero-order valence-corrected chi connectivity index (χ0v) is 26.3. The number of aromatic nitrogens is 2. The van der Waals surface area contributed by atoms with E-state index >= 15 is 0 Å². The standard InChI is InChI=1S/C40H23N3S.C2H6/c1-2-12-25(13-3-1)39-36-27-15-5-4-11-24(27)21-22-30(36)41-40(42-39)43-31-18-8-6-16-28(31)38-35-26(14-10-19-32(35)43)23-34-37(38)29-17-7-9-20-33(29)44-34;1-2/h1-23H;1-2H3. The normalized spacial score (nSPS) is 12.1. The van der Waals surface area contributed by atoms with Crippen LogP contribution in [0.5, 0.6) is 0 Å². The molecule has 0 saturated carbocycles. The summed E-state index contributed by atoms with van der Waals surface area (Å²) in [6.45, 7) is 4.00. The third-order valence-corrected chi connectivity index (χ3v) is 10.1. The van der Waals surface area contributed by atoms with Crippen molar-refractivity contribution in [3.05, 3.63) is 140 Å². The van der Waals surface area contributed by atoms with Gasteiger partial charge < -0.3 is 0 Å². The SMILES string of the molecule is CC.c1ccc(-c2nc(N3c4ccccc4-c4c5c3cccc5cc3sc5ccccc5c43)nc3ccc4ccccc4c23)cc1. The molecule has 3 heterocycles. The molecule has 0 aliphatic carbocycles. The van der Waals surface area contributed by atoms with Crippen LogP contribution in [0.25, 0.3) is 75.0 Å². The van der Waals surface area contributed by atoms with Crippen molar-refractivity contribution in [1.82, 2.24) is 9.97 Å². The quantitative estimate of drug-likeness (QED) is 0.183. The maximum Gasteiger partial charge on any atom is 0.235 e. The molecule has 0 N–H and O–H groups in total. The van der Waals surface area contributed by atoms with Crippen LogP contribution in [0.3, 0.4) is 0 Å². The van der Waals surface area contributed by atoms with Gasteiger partial charge in [0.1, 0.15) is 0 Å². The number of hydrogen-bond donors (Lipinski definition) is 0. The van der Waals surface area contributed by atoms with Gasteiger partial charge in [-0.1, -0.05) is 123 Å². The van der Waals surface area contributed by atoms with E-state index in [1.807, 2.05) is 25.2 Å². The minimum Gasteiger partial charge on any atom is -0.278 e. The highest BCUT2D eigenvalue weighted by molar-refractivity contribution is 7.26. The number of para-hydroxylation sites is 1. The second-order valence-corrected chi connectivity index (χ2v) is 12.5. The lowest BCUT2D eigenvalue weighted by atomic mass is 9.88. The Labute approximate surface area is 271 Å². The minimum absolute atomic E-state index is 0.674. The van der Waals surface area contributed by atoms with Gasteiger partial charge in [-0.2, -0.15) is 0 Å². The summed E-state index contributed by atoms with van der Waals surface area (Å²) < 4.78 is 2.63. The number of fused-ring (bicyclic) bond motifs is 9. The van der Waals surface area contributed by atoms with Crippen LogP contribution >= 0.6 is 11.3 Å². The van der Waals surface area contributed by atoms with Gasteiger partial charge >= 0.3 is 0 Å². The molecule has 0 fully saturated rings. The van der Waals surface area contributed by atoms with Gasteiger partial charge in [0.15, 0.2) is 0 Å². The van der Waals surface area contributed by atoms with E-state index in [4.69, 9.17) is 9.97 Å². The number of nitrogens with zero attached hydrogens (tertiary/aromatic N) is 3. The molecule has 3 nitrogen and oxygen atoms in total. The van der Waals surface area contributed by atoms with Crippen molar-refractivity contribution in [3.63, 3.8) is 0 Å². The second kappa shape index (κ2) is 10.5. The van der Waals surface area contributed by atoms with Gasteiger partial charge in [-0.3, -0.25) is 4.90 Å². The molecule has 0 saturated heterocycles. The Morgan fingerprint density at radius 1 is 0.522 bits per heavy atom. The zero-order valence-electron chi connectivity index (χ0n) is 25.5. The molecule has 9 aromatic rings. The van der Waals surface area contributed by atoms with Crippen molar-refractivity contribution >= 4 is 81.3 Å². The van der Waals surface area contributed by atoms with Gasteiger partial charge in [-0.15, -0.1) is 11.3 Å². The number of anilines is 3. The summed E-state index contributed by atoms with van der Waals surface area (Å²) in [6.07, 6.45) is 0. The molecule has 46 heavy (non-hydrogen) atoms. The first-order valence-electron chi connectivity index (χ1n) is 15.8. The molecule has 2 aromatic heterocycles. The molecule has 1 aliphatic rings. The summed E-state index contributed by atoms with van der Waals surface area (Å²) >= 11 is 1.87. The minimum atomic E-state index is 0.674. The van der Waals surface area contributed by atoms with E-state index < -0.39 is 0 Å². The molecule has 4 heteroatoms. The molecule has 0 spiro atoms. The fourth-order valence-electron chi connectivity index (χ4n) is 7.12. The van der Waals surface area contributed by atoms with Crippen LogP contribution in [0.4, 0.5) is 17.3 Å². The summed E-state index contributed by atoms with van der Waals surface area (Å²) in [5, 5.41) is 8.53. The molecule has 218 valence electrons. The Kier molecular flexibility index (Phi) is 6.12. The molecule has 1 aliphatic heterocycles. The van der Waals surface area contributed by atoms with Gasteiger partial charge in [-0.05, 0) is 46.5 Å². The van der Waals surface area contributed by atoms with E-state index in [9.17, 15) is 0 Å². The first-order valence-corrected chi connectivity index (χ1v) is 16.7. The third kappa shape index (κ3) is 3.84. The Balaban J connectivity index is 0.00000143. The smallest absolute Gasteiger partial charge is 0.235 e. The van der Waals surface area contributed by atoms with E-state index in [1.54, 1.807) is 0 Å². The maximum atomic E-state index is 5.42. The van der Waals surface area contributed by atoms with Crippen LogP contribution in [-0.2, 0) is 0 Å². The first kappa shape index (κ1) is 26.8. The van der Waals surface area contributed by atoms with Gasteiger partial charge in [0.25, 0.3) is 0 Å². The maximum absolute atomic E-state index is 5.42. The summed E-state index contributed by atoms with van der Waals surface area (Å²) in [5.74, 6) is 0.674. The van der Waals surface area contributed by atoms with E-state index in [1.165, 1.54) is 47.5 Å². The molecule has 0 unspecified atom stereocenters. The van der Waals surface area contributed by atoms with Crippen molar-refractivity contribution < 1.29 is 0 Å². The number of benzene rings is 7. The van der Waals surface area contributed by atoms with Gasteiger partial charge in [0, 0.05) is 47.6 Å². The second-order valence-electron chi connectivity index (χ2n) is 11.4. The Bertz CT molecular complexity index is 2620. The molecule has 7 aromatic carbocycles. The fourth-order valence-corrected chi connectivity index (χ4v) is 8.28. The van der Waals surface area contributed by atoms with Crippen molar-refractivity contribution in [3.8, 4) is 22.4 Å². The molecular formula is C42H29N3S. The van der Waals surface area contributed by atoms with Crippen molar-refractivity contribution in [2.75, 3.05) is 4.90 Å².